The van der Waals surface area contributed by atoms with Gasteiger partial charge in [-0.05, 0) is 39.3 Å². The number of halogens is 1. The minimum Gasteiger partial charge on any atom is -0.365 e. The molecule has 0 aromatic carbocycles. The van der Waals surface area contributed by atoms with Crippen LogP contribution in [0, 0.1) is 0 Å². The summed E-state index contributed by atoms with van der Waals surface area (Å²) in [6, 6.07) is 3.90. The van der Waals surface area contributed by atoms with Crippen molar-refractivity contribution in [2.45, 2.75) is 51.9 Å². The van der Waals surface area contributed by atoms with Gasteiger partial charge >= 0.3 is 0 Å². The van der Waals surface area contributed by atoms with Gasteiger partial charge in [-0.15, -0.1) is 11.3 Å². The summed E-state index contributed by atoms with van der Waals surface area (Å²) in [7, 11) is 0. The van der Waals surface area contributed by atoms with E-state index < -0.39 is 0 Å². The second-order valence-corrected chi connectivity index (χ2v) is 6.61. The molecule has 0 bridgehead atoms. The van der Waals surface area contributed by atoms with E-state index in [4.69, 9.17) is 22.1 Å². The Balaban J connectivity index is 2.87. The molecule has 2 atom stereocenters. The molecule has 4 heteroatoms. The molecule has 0 spiro atoms. The van der Waals surface area contributed by atoms with Gasteiger partial charge in [-0.3, -0.25) is 0 Å². The molecule has 1 heterocycles. The molecule has 0 aliphatic carbocycles. The molecular weight excluding hydrogens is 242 g/mol. The fourth-order valence-corrected chi connectivity index (χ4v) is 2.60. The quantitative estimate of drug-likeness (QED) is 0.889. The van der Waals surface area contributed by atoms with Gasteiger partial charge in [0.05, 0.1) is 9.94 Å². The van der Waals surface area contributed by atoms with Crippen LogP contribution in [0.3, 0.4) is 0 Å². The Morgan fingerprint density at radius 3 is 2.44 bits per heavy atom. The lowest BCUT2D eigenvalue weighted by molar-refractivity contribution is -0.0712. The standard InChI is InChI=1S/C12H20ClNOS/c1-5-8(14)11(15-12(2,3)4)9-6-7-10(13)16-9/h6-8,11H,5,14H2,1-4H3. The average Bonchev–Trinajstić information content (AvgIpc) is 2.58. The molecule has 0 radical (unpaired) electrons. The molecule has 0 saturated heterocycles. The van der Waals surface area contributed by atoms with Crippen molar-refractivity contribution in [1.29, 1.82) is 0 Å². The molecule has 0 amide bonds. The first-order valence-electron chi connectivity index (χ1n) is 5.52. The molecule has 1 rings (SSSR count). The summed E-state index contributed by atoms with van der Waals surface area (Å²) in [5, 5.41) is 0. The van der Waals surface area contributed by atoms with Crippen molar-refractivity contribution >= 4 is 22.9 Å². The zero-order valence-corrected chi connectivity index (χ0v) is 11.9. The molecule has 0 saturated carbocycles. The smallest absolute Gasteiger partial charge is 0.107 e. The maximum absolute atomic E-state index is 6.10. The number of hydrogen-bond acceptors (Lipinski definition) is 3. The summed E-state index contributed by atoms with van der Waals surface area (Å²) in [5.41, 5.74) is 5.90. The van der Waals surface area contributed by atoms with E-state index >= 15 is 0 Å². The van der Waals surface area contributed by atoms with Crippen LogP contribution in [0.15, 0.2) is 12.1 Å². The van der Waals surface area contributed by atoms with Crippen LogP contribution in [-0.2, 0) is 4.74 Å². The minimum atomic E-state index is -0.200. The summed E-state index contributed by atoms with van der Waals surface area (Å²) in [4.78, 5) is 1.11. The van der Waals surface area contributed by atoms with E-state index in [1.54, 1.807) is 11.3 Å². The first-order valence-corrected chi connectivity index (χ1v) is 6.71. The van der Waals surface area contributed by atoms with E-state index in [9.17, 15) is 0 Å². The van der Waals surface area contributed by atoms with Gasteiger partial charge in [-0.1, -0.05) is 18.5 Å². The van der Waals surface area contributed by atoms with Crippen LogP contribution < -0.4 is 5.73 Å². The molecule has 2 unspecified atom stereocenters. The van der Waals surface area contributed by atoms with Crippen molar-refractivity contribution in [1.82, 2.24) is 0 Å². The Kier molecular flexibility index (Phi) is 4.80. The fourth-order valence-electron chi connectivity index (χ4n) is 1.43. The molecule has 2 nitrogen and oxygen atoms in total. The van der Waals surface area contributed by atoms with Gasteiger partial charge in [0, 0.05) is 10.9 Å². The van der Waals surface area contributed by atoms with Crippen LogP contribution in [-0.4, -0.2) is 11.6 Å². The van der Waals surface area contributed by atoms with E-state index in [2.05, 4.69) is 6.92 Å². The molecule has 92 valence electrons. The lowest BCUT2D eigenvalue weighted by atomic mass is 10.1. The first-order chi connectivity index (χ1) is 7.33. The normalized spacial score (nSPS) is 16.1. The number of rotatable bonds is 4. The Bertz CT molecular complexity index is 332. The van der Waals surface area contributed by atoms with Crippen molar-refractivity contribution in [3.8, 4) is 0 Å². The molecule has 1 aromatic heterocycles. The zero-order valence-electron chi connectivity index (χ0n) is 10.3. The Hall–Kier alpha value is -0.0900. The maximum atomic E-state index is 6.10. The molecule has 0 fully saturated rings. The highest BCUT2D eigenvalue weighted by Crippen LogP contribution is 2.34. The van der Waals surface area contributed by atoms with Gasteiger partial charge in [0.25, 0.3) is 0 Å². The molecule has 2 N–H and O–H groups in total. The third-order valence-corrected chi connectivity index (χ3v) is 3.51. The SMILES string of the molecule is CCC(N)C(OC(C)(C)C)c1ccc(Cl)s1. The van der Waals surface area contributed by atoms with Crippen LogP contribution in [0.2, 0.25) is 4.34 Å². The number of nitrogens with two attached hydrogens (primary N) is 1. The monoisotopic (exact) mass is 261 g/mol. The second kappa shape index (κ2) is 5.50. The van der Waals surface area contributed by atoms with Crippen LogP contribution in [0.4, 0.5) is 0 Å². The van der Waals surface area contributed by atoms with Crippen LogP contribution in [0.1, 0.15) is 45.1 Å². The van der Waals surface area contributed by atoms with Crippen LogP contribution in [0.25, 0.3) is 0 Å². The lowest BCUT2D eigenvalue weighted by Crippen LogP contribution is -2.34. The second-order valence-electron chi connectivity index (χ2n) is 4.86. The predicted molar refractivity (Wildman–Crippen MR) is 71.2 cm³/mol. The van der Waals surface area contributed by atoms with Gasteiger partial charge in [-0.25, -0.2) is 0 Å². The number of thiophene rings is 1. The van der Waals surface area contributed by atoms with Gasteiger partial charge in [0.15, 0.2) is 0 Å². The highest BCUT2D eigenvalue weighted by atomic mass is 35.5. The van der Waals surface area contributed by atoms with Crippen molar-refractivity contribution in [2.75, 3.05) is 0 Å². The topological polar surface area (TPSA) is 35.2 Å². The minimum absolute atomic E-state index is 0.00828. The summed E-state index contributed by atoms with van der Waals surface area (Å²) in [6.45, 7) is 8.19. The van der Waals surface area contributed by atoms with Gasteiger partial charge in [-0.2, -0.15) is 0 Å². The third kappa shape index (κ3) is 4.06. The first kappa shape index (κ1) is 14.0. The third-order valence-electron chi connectivity index (χ3n) is 2.22. The van der Waals surface area contributed by atoms with Gasteiger partial charge in [0.1, 0.15) is 6.10 Å². The largest absolute Gasteiger partial charge is 0.365 e. The van der Waals surface area contributed by atoms with E-state index in [1.807, 2.05) is 32.9 Å². The summed E-state index contributed by atoms with van der Waals surface area (Å²) in [5.74, 6) is 0. The highest BCUT2D eigenvalue weighted by molar-refractivity contribution is 7.16. The maximum Gasteiger partial charge on any atom is 0.107 e. The number of ether oxygens (including phenoxy) is 1. The predicted octanol–water partition coefficient (Wildman–Crippen LogP) is 4.00. The van der Waals surface area contributed by atoms with E-state index in [-0.39, 0.29) is 17.7 Å². The van der Waals surface area contributed by atoms with E-state index in [0.29, 0.717) is 0 Å². The Morgan fingerprint density at radius 1 is 1.44 bits per heavy atom. The Morgan fingerprint density at radius 2 is 2.06 bits per heavy atom. The van der Waals surface area contributed by atoms with Crippen molar-refractivity contribution in [3.63, 3.8) is 0 Å². The van der Waals surface area contributed by atoms with E-state index in [1.165, 1.54) is 0 Å². The average molecular weight is 262 g/mol. The molecule has 0 aliphatic rings. The van der Waals surface area contributed by atoms with Crippen molar-refractivity contribution in [3.05, 3.63) is 21.3 Å². The summed E-state index contributed by atoms with van der Waals surface area (Å²) in [6.07, 6.45) is 0.818. The fraction of sp³-hybridized carbons (Fsp3) is 0.667. The molecule has 1 aromatic rings. The lowest BCUT2D eigenvalue weighted by Gasteiger charge is -2.30. The molecule has 16 heavy (non-hydrogen) atoms. The zero-order chi connectivity index (χ0) is 12.3. The van der Waals surface area contributed by atoms with E-state index in [0.717, 1.165) is 15.6 Å². The summed E-state index contributed by atoms with van der Waals surface area (Å²) >= 11 is 7.49. The van der Waals surface area contributed by atoms with Crippen LogP contribution in [0.5, 0.6) is 0 Å². The van der Waals surface area contributed by atoms with Crippen molar-refractivity contribution < 1.29 is 4.74 Å². The van der Waals surface area contributed by atoms with Gasteiger partial charge < -0.3 is 10.5 Å². The molecular formula is C12H20ClNOS. The molecule has 0 aliphatic heterocycles. The summed E-state index contributed by atoms with van der Waals surface area (Å²) < 4.78 is 6.80. The number of hydrogen-bond donors (Lipinski definition) is 1. The van der Waals surface area contributed by atoms with Crippen molar-refractivity contribution in [2.24, 2.45) is 5.73 Å². The van der Waals surface area contributed by atoms with Crippen LogP contribution >= 0.6 is 22.9 Å². The highest BCUT2D eigenvalue weighted by Gasteiger charge is 2.26. The Labute approximate surface area is 107 Å². The van der Waals surface area contributed by atoms with Gasteiger partial charge in [0.2, 0.25) is 0 Å².